The lowest BCUT2D eigenvalue weighted by Crippen LogP contribution is -2.41. The molecule has 0 aliphatic heterocycles. The molecule has 2 N–H and O–H groups in total. The number of aryl methyl sites for hydroxylation is 1. The molecule has 0 unspecified atom stereocenters. The van der Waals surface area contributed by atoms with Crippen molar-refractivity contribution in [3.05, 3.63) is 22.7 Å². The van der Waals surface area contributed by atoms with E-state index in [0.29, 0.717) is 16.3 Å². The second kappa shape index (κ2) is 4.72. The summed E-state index contributed by atoms with van der Waals surface area (Å²) in [6.45, 7) is 1.75. The molecule has 0 atom stereocenters. The van der Waals surface area contributed by atoms with Crippen LogP contribution in [0.1, 0.15) is 24.8 Å². The molecule has 1 aromatic carbocycles. The predicted octanol–water partition coefficient (Wildman–Crippen LogP) is 2.40. The van der Waals surface area contributed by atoms with Crippen LogP contribution in [-0.2, 0) is 10.0 Å². The van der Waals surface area contributed by atoms with Gasteiger partial charge < -0.3 is 5.73 Å². The van der Waals surface area contributed by atoms with E-state index in [9.17, 15) is 8.42 Å². The summed E-state index contributed by atoms with van der Waals surface area (Å²) >= 11 is 5.95. The molecule has 0 radical (unpaired) electrons. The average Bonchev–Trinajstić information content (AvgIpc) is 2.22. The van der Waals surface area contributed by atoms with Gasteiger partial charge >= 0.3 is 0 Å². The van der Waals surface area contributed by atoms with Gasteiger partial charge in [-0.1, -0.05) is 18.0 Å². The van der Waals surface area contributed by atoms with Crippen molar-refractivity contribution in [1.82, 2.24) is 4.31 Å². The maximum Gasteiger partial charge on any atom is 0.243 e. The summed E-state index contributed by atoms with van der Waals surface area (Å²) in [4.78, 5) is 0.219. The molecule has 0 spiro atoms. The molecule has 18 heavy (non-hydrogen) atoms. The van der Waals surface area contributed by atoms with Crippen LogP contribution in [0.3, 0.4) is 0 Å². The molecule has 1 fully saturated rings. The second-order valence-corrected chi connectivity index (χ2v) is 7.12. The number of benzene rings is 1. The Labute approximate surface area is 113 Å². The van der Waals surface area contributed by atoms with Crippen molar-refractivity contribution in [2.45, 2.75) is 37.1 Å². The van der Waals surface area contributed by atoms with Crippen molar-refractivity contribution in [3.8, 4) is 0 Å². The van der Waals surface area contributed by atoms with Crippen molar-refractivity contribution in [3.63, 3.8) is 0 Å². The van der Waals surface area contributed by atoms with E-state index in [0.717, 1.165) is 19.3 Å². The van der Waals surface area contributed by atoms with Crippen LogP contribution >= 0.6 is 11.6 Å². The zero-order valence-electron chi connectivity index (χ0n) is 10.5. The van der Waals surface area contributed by atoms with Gasteiger partial charge in [0.05, 0.1) is 15.6 Å². The molecule has 1 aromatic rings. The Balaban J connectivity index is 2.40. The Morgan fingerprint density at radius 2 is 2.00 bits per heavy atom. The molecular weight excluding hydrogens is 272 g/mol. The molecular formula is C12H17ClN2O2S. The summed E-state index contributed by atoms with van der Waals surface area (Å²) in [6.07, 6.45) is 2.95. The van der Waals surface area contributed by atoms with E-state index < -0.39 is 10.0 Å². The first kappa shape index (κ1) is 13.6. The van der Waals surface area contributed by atoms with Crippen LogP contribution in [0, 0.1) is 6.92 Å². The van der Waals surface area contributed by atoms with E-state index in [1.54, 1.807) is 20.0 Å². The molecule has 0 amide bonds. The molecule has 0 heterocycles. The zero-order valence-corrected chi connectivity index (χ0v) is 12.1. The fourth-order valence-corrected chi connectivity index (χ4v) is 3.67. The van der Waals surface area contributed by atoms with Crippen molar-refractivity contribution in [1.29, 1.82) is 0 Å². The van der Waals surface area contributed by atoms with Gasteiger partial charge in [-0.15, -0.1) is 0 Å². The van der Waals surface area contributed by atoms with Crippen LogP contribution in [0.15, 0.2) is 17.0 Å². The van der Waals surface area contributed by atoms with Crippen LogP contribution in [0.4, 0.5) is 5.69 Å². The number of nitrogen functional groups attached to an aromatic ring is 1. The number of rotatable bonds is 3. The molecule has 0 saturated heterocycles. The Bertz CT molecular complexity index is 544. The number of nitrogens with two attached hydrogens (primary N) is 1. The predicted molar refractivity (Wildman–Crippen MR) is 73.2 cm³/mol. The molecule has 0 aromatic heterocycles. The minimum Gasteiger partial charge on any atom is -0.397 e. The summed E-state index contributed by atoms with van der Waals surface area (Å²) in [7, 11) is -1.84. The Morgan fingerprint density at radius 3 is 2.44 bits per heavy atom. The van der Waals surface area contributed by atoms with Gasteiger partial charge in [0.2, 0.25) is 10.0 Å². The third-order valence-corrected chi connectivity index (χ3v) is 5.93. The highest BCUT2D eigenvalue weighted by Gasteiger charge is 2.32. The molecule has 4 nitrogen and oxygen atoms in total. The van der Waals surface area contributed by atoms with E-state index in [1.165, 1.54) is 10.4 Å². The van der Waals surface area contributed by atoms with Gasteiger partial charge in [-0.3, -0.25) is 0 Å². The minimum atomic E-state index is -3.47. The smallest absolute Gasteiger partial charge is 0.243 e. The van der Waals surface area contributed by atoms with E-state index in [-0.39, 0.29) is 10.9 Å². The van der Waals surface area contributed by atoms with Gasteiger partial charge in [-0.25, -0.2) is 8.42 Å². The lowest BCUT2D eigenvalue weighted by Gasteiger charge is -2.33. The molecule has 2 rings (SSSR count). The first-order valence-corrected chi connectivity index (χ1v) is 7.69. The topological polar surface area (TPSA) is 63.4 Å². The number of halogens is 1. The Morgan fingerprint density at radius 1 is 1.39 bits per heavy atom. The third kappa shape index (κ3) is 2.22. The number of sulfonamides is 1. The maximum atomic E-state index is 12.4. The largest absolute Gasteiger partial charge is 0.397 e. The molecule has 1 aliphatic carbocycles. The van der Waals surface area contributed by atoms with Crippen molar-refractivity contribution >= 4 is 27.3 Å². The third-order valence-electron chi connectivity index (χ3n) is 3.52. The number of nitrogens with zero attached hydrogens (tertiary/aromatic N) is 1. The number of hydrogen-bond donors (Lipinski definition) is 1. The molecule has 1 saturated carbocycles. The van der Waals surface area contributed by atoms with Crippen LogP contribution in [0.5, 0.6) is 0 Å². The van der Waals surface area contributed by atoms with Crippen LogP contribution < -0.4 is 5.73 Å². The molecule has 0 bridgehead atoms. The van der Waals surface area contributed by atoms with Crippen molar-refractivity contribution in [2.24, 2.45) is 0 Å². The van der Waals surface area contributed by atoms with Gasteiger partial charge in [0, 0.05) is 13.1 Å². The SMILES string of the molecule is Cc1cc(S(=O)(=O)N(C)C2CCC2)cc(N)c1Cl. The highest BCUT2D eigenvalue weighted by molar-refractivity contribution is 7.89. The Kier molecular flexibility index (Phi) is 3.58. The first-order chi connectivity index (χ1) is 8.34. The standard InChI is InChI=1S/C12H17ClN2O2S/c1-8-6-10(7-11(14)12(8)13)18(16,17)15(2)9-4-3-5-9/h6-7,9H,3-5,14H2,1-2H3. The summed E-state index contributed by atoms with van der Waals surface area (Å²) in [6, 6.07) is 3.12. The number of hydrogen-bond acceptors (Lipinski definition) is 3. The minimum absolute atomic E-state index is 0.118. The fourth-order valence-electron chi connectivity index (χ4n) is 2.02. The van der Waals surface area contributed by atoms with Crippen molar-refractivity contribution in [2.75, 3.05) is 12.8 Å². The number of anilines is 1. The first-order valence-electron chi connectivity index (χ1n) is 5.87. The van der Waals surface area contributed by atoms with Crippen LogP contribution in [0.2, 0.25) is 5.02 Å². The van der Waals surface area contributed by atoms with Gasteiger partial charge in [0.1, 0.15) is 0 Å². The van der Waals surface area contributed by atoms with E-state index in [2.05, 4.69) is 0 Å². The van der Waals surface area contributed by atoms with Gasteiger partial charge in [-0.2, -0.15) is 4.31 Å². The second-order valence-electron chi connectivity index (χ2n) is 4.75. The zero-order chi connectivity index (χ0) is 13.5. The quantitative estimate of drug-likeness (QED) is 0.869. The van der Waals surface area contributed by atoms with Gasteiger partial charge in [0.25, 0.3) is 0 Å². The molecule has 1 aliphatic rings. The fraction of sp³-hybridized carbons (Fsp3) is 0.500. The van der Waals surface area contributed by atoms with Crippen molar-refractivity contribution < 1.29 is 8.42 Å². The summed E-state index contributed by atoms with van der Waals surface area (Å²) in [5, 5.41) is 0.417. The monoisotopic (exact) mass is 288 g/mol. The van der Waals surface area contributed by atoms with E-state index in [4.69, 9.17) is 17.3 Å². The maximum absolute atomic E-state index is 12.4. The average molecular weight is 289 g/mol. The van der Waals surface area contributed by atoms with Gasteiger partial charge in [0.15, 0.2) is 0 Å². The summed E-state index contributed by atoms with van der Waals surface area (Å²) < 4.78 is 26.3. The Hall–Kier alpha value is -0.780. The highest BCUT2D eigenvalue weighted by atomic mass is 35.5. The molecule has 100 valence electrons. The van der Waals surface area contributed by atoms with Crippen LogP contribution in [-0.4, -0.2) is 25.8 Å². The highest BCUT2D eigenvalue weighted by Crippen LogP contribution is 2.32. The van der Waals surface area contributed by atoms with E-state index in [1.807, 2.05) is 0 Å². The normalized spacial score (nSPS) is 16.9. The van der Waals surface area contributed by atoms with Gasteiger partial charge in [-0.05, 0) is 37.5 Å². The summed E-state index contributed by atoms with van der Waals surface area (Å²) in [5.74, 6) is 0. The lowest BCUT2D eigenvalue weighted by atomic mass is 9.94. The lowest BCUT2D eigenvalue weighted by molar-refractivity contribution is 0.249. The summed E-state index contributed by atoms with van der Waals surface area (Å²) in [5.41, 5.74) is 6.71. The van der Waals surface area contributed by atoms with E-state index >= 15 is 0 Å². The molecule has 6 heteroatoms. The van der Waals surface area contributed by atoms with Crippen LogP contribution in [0.25, 0.3) is 0 Å².